The normalized spacial score (nSPS) is 18.3. The monoisotopic (exact) mass is 207 g/mol. The van der Waals surface area contributed by atoms with E-state index in [1.54, 1.807) is 6.26 Å². The van der Waals surface area contributed by atoms with Gasteiger partial charge >= 0.3 is 0 Å². The van der Waals surface area contributed by atoms with Crippen LogP contribution in [-0.4, -0.2) is 12.6 Å². The number of hydrogen-bond acceptors (Lipinski definition) is 2. The molecule has 2 nitrogen and oxygen atoms in total. The number of nitrogens with one attached hydrogen (secondary N) is 1. The highest BCUT2D eigenvalue weighted by Gasteiger charge is 2.32. The van der Waals surface area contributed by atoms with Gasteiger partial charge in [0.1, 0.15) is 5.76 Å². The summed E-state index contributed by atoms with van der Waals surface area (Å²) in [5, 5.41) is 3.66. The van der Waals surface area contributed by atoms with E-state index in [0.29, 0.717) is 6.04 Å². The van der Waals surface area contributed by atoms with Crippen LogP contribution in [0, 0.1) is 11.8 Å². The first kappa shape index (κ1) is 10.7. The Morgan fingerprint density at radius 1 is 1.47 bits per heavy atom. The molecule has 1 aromatic rings. The lowest BCUT2D eigenvalue weighted by molar-refractivity contribution is 0.358. The highest BCUT2D eigenvalue weighted by molar-refractivity contribution is 4.99. The standard InChI is InChI=1S/C13H21NO/c1-10(2)13(11-5-6-11)14-8-7-12-4-3-9-15-12/h3-4,9-11,13-14H,5-8H2,1-2H3. The average molecular weight is 207 g/mol. The number of rotatable bonds is 6. The van der Waals surface area contributed by atoms with Crippen molar-refractivity contribution in [2.45, 2.75) is 39.2 Å². The molecule has 0 aliphatic heterocycles. The van der Waals surface area contributed by atoms with E-state index in [1.165, 1.54) is 12.8 Å². The maximum Gasteiger partial charge on any atom is 0.105 e. The van der Waals surface area contributed by atoms with E-state index < -0.39 is 0 Å². The molecule has 15 heavy (non-hydrogen) atoms. The molecule has 2 heteroatoms. The molecule has 84 valence electrons. The fraction of sp³-hybridized carbons (Fsp3) is 0.692. The molecule has 0 amide bonds. The van der Waals surface area contributed by atoms with Crippen molar-refractivity contribution in [3.8, 4) is 0 Å². The van der Waals surface area contributed by atoms with Crippen molar-refractivity contribution in [2.24, 2.45) is 11.8 Å². The van der Waals surface area contributed by atoms with Crippen molar-refractivity contribution in [1.29, 1.82) is 0 Å². The zero-order chi connectivity index (χ0) is 10.7. The summed E-state index contributed by atoms with van der Waals surface area (Å²) in [4.78, 5) is 0. The topological polar surface area (TPSA) is 25.2 Å². The van der Waals surface area contributed by atoms with Gasteiger partial charge in [-0.2, -0.15) is 0 Å². The number of hydrogen-bond donors (Lipinski definition) is 1. The van der Waals surface area contributed by atoms with Crippen molar-refractivity contribution < 1.29 is 4.42 Å². The van der Waals surface area contributed by atoms with Crippen molar-refractivity contribution in [1.82, 2.24) is 5.32 Å². The molecular weight excluding hydrogens is 186 g/mol. The molecule has 1 N–H and O–H groups in total. The van der Waals surface area contributed by atoms with Crippen LogP contribution < -0.4 is 5.32 Å². The fourth-order valence-electron chi connectivity index (χ4n) is 2.22. The zero-order valence-corrected chi connectivity index (χ0v) is 9.70. The first-order valence-electron chi connectivity index (χ1n) is 6.03. The summed E-state index contributed by atoms with van der Waals surface area (Å²) in [7, 11) is 0. The first-order chi connectivity index (χ1) is 7.27. The van der Waals surface area contributed by atoms with Gasteiger partial charge in [0.2, 0.25) is 0 Å². The minimum absolute atomic E-state index is 0.708. The summed E-state index contributed by atoms with van der Waals surface area (Å²) >= 11 is 0. The molecule has 2 rings (SSSR count). The van der Waals surface area contributed by atoms with Gasteiger partial charge in [0.25, 0.3) is 0 Å². The van der Waals surface area contributed by atoms with Crippen LogP contribution in [0.1, 0.15) is 32.4 Å². The molecule has 1 aromatic heterocycles. The molecule has 1 saturated carbocycles. The van der Waals surface area contributed by atoms with Crippen LogP contribution in [0.5, 0.6) is 0 Å². The summed E-state index contributed by atoms with van der Waals surface area (Å²) in [5.41, 5.74) is 0. The molecule has 0 saturated heterocycles. The zero-order valence-electron chi connectivity index (χ0n) is 9.70. The number of furan rings is 1. The van der Waals surface area contributed by atoms with E-state index in [-0.39, 0.29) is 0 Å². The Morgan fingerprint density at radius 2 is 2.27 bits per heavy atom. The lowest BCUT2D eigenvalue weighted by atomic mass is 9.99. The van der Waals surface area contributed by atoms with E-state index in [1.807, 2.05) is 12.1 Å². The molecule has 1 unspecified atom stereocenters. The molecule has 1 fully saturated rings. The molecule has 0 aromatic carbocycles. The summed E-state index contributed by atoms with van der Waals surface area (Å²) in [6.45, 7) is 5.65. The summed E-state index contributed by atoms with van der Waals surface area (Å²) in [6.07, 6.45) is 5.58. The second-order valence-corrected chi connectivity index (χ2v) is 4.89. The Labute approximate surface area is 92.1 Å². The van der Waals surface area contributed by atoms with Gasteiger partial charge in [-0.15, -0.1) is 0 Å². The Kier molecular flexibility index (Phi) is 3.47. The van der Waals surface area contributed by atoms with Crippen LogP contribution in [0.25, 0.3) is 0 Å². The van der Waals surface area contributed by atoms with E-state index in [0.717, 1.165) is 30.6 Å². The third-order valence-electron chi connectivity index (χ3n) is 3.18. The molecular formula is C13H21NO. The minimum Gasteiger partial charge on any atom is -0.469 e. The van der Waals surface area contributed by atoms with Gasteiger partial charge in [0, 0.05) is 19.0 Å². The van der Waals surface area contributed by atoms with Crippen molar-refractivity contribution >= 4 is 0 Å². The molecule has 1 atom stereocenters. The van der Waals surface area contributed by atoms with Crippen molar-refractivity contribution in [3.63, 3.8) is 0 Å². The fourth-order valence-corrected chi connectivity index (χ4v) is 2.22. The van der Waals surface area contributed by atoms with Crippen LogP contribution in [0.3, 0.4) is 0 Å². The summed E-state index contributed by atoms with van der Waals surface area (Å²) < 4.78 is 5.31. The van der Waals surface area contributed by atoms with E-state index in [2.05, 4.69) is 19.2 Å². The third kappa shape index (κ3) is 3.10. The molecule has 1 aliphatic carbocycles. The minimum atomic E-state index is 0.708. The quantitative estimate of drug-likeness (QED) is 0.776. The molecule has 1 aliphatic rings. The predicted molar refractivity (Wildman–Crippen MR) is 61.8 cm³/mol. The highest BCUT2D eigenvalue weighted by Crippen LogP contribution is 2.35. The van der Waals surface area contributed by atoms with Gasteiger partial charge in [-0.3, -0.25) is 0 Å². The lowest BCUT2D eigenvalue weighted by Gasteiger charge is -2.21. The molecule has 0 radical (unpaired) electrons. The van der Waals surface area contributed by atoms with Crippen LogP contribution in [0.15, 0.2) is 22.8 Å². The summed E-state index contributed by atoms with van der Waals surface area (Å²) in [5.74, 6) is 2.76. The first-order valence-corrected chi connectivity index (χ1v) is 6.03. The summed E-state index contributed by atoms with van der Waals surface area (Å²) in [6, 6.07) is 4.71. The van der Waals surface area contributed by atoms with Gasteiger partial charge in [0.15, 0.2) is 0 Å². The van der Waals surface area contributed by atoms with Crippen LogP contribution in [-0.2, 0) is 6.42 Å². The largest absolute Gasteiger partial charge is 0.469 e. The smallest absolute Gasteiger partial charge is 0.105 e. The Hall–Kier alpha value is -0.760. The Bertz CT molecular complexity index is 273. The SMILES string of the molecule is CC(C)C(NCCc1ccco1)C1CC1. The van der Waals surface area contributed by atoms with Crippen LogP contribution in [0.4, 0.5) is 0 Å². The third-order valence-corrected chi connectivity index (χ3v) is 3.18. The van der Waals surface area contributed by atoms with Crippen LogP contribution >= 0.6 is 0 Å². The van der Waals surface area contributed by atoms with Gasteiger partial charge in [0.05, 0.1) is 6.26 Å². The Morgan fingerprint density at radius 3 is 2.80 bits per heavy atom. The van der Waals surface area contributed by atoms with E-state index in [9.17, 15) is 0 Å². The highest BCUT2D eigenvalue weighted by atomic mass is 16.3. The maximum atomic E-state index is 5.31. The van der Waals surface area contributed by atoms with Crippen molar-refractivity contribution in [3.05, 3.63) is 24.2 Å². The molecule has 0 spiro atoms. The van der Waals surface area contributed by atoms with Crippen molar-refractivity contribution in [2.75, 3.05) is 6.54 Å². The second kappa shape index (κ2) is 4.84. The van der Waals surface area contributed by atoms with Gasteiger partial charge in [-0.05, 0) is 36.8 Å². The van der Waals surface area contributed by atoms with Gasteiger partial charge in [-0.25, -0.2) is 0 Å². The van der Waals surface area contributed by atoms with Crippen LogP contribution in [0.2, 0.25) is 0 Å². The maximum absolute atomic E-state index is 5.31. The van der Waals surface area contributed by atoms with E-state index >= 15 is 0 Å². The average Bonchev–Trinajstić information content (AvgIpc) is 2.89. The molecule has 1 heterocycles. The second-order valence-electron chi connectivity index (χ2n) is 4.89. The van der Waals surface area contributed by atoms with E-state index in [4.69, 9.17) is 4.42 Å². The Balaban J connectivity index is 1.71. The molecule has 0 bridgehead atoms. The predicted octanol–water partition coefficient (Wildman–Crippen LogP) is 2.85. The lowest BCUT2D eigenvalue weighted by Crippen LogP contribution is -2.37. The van der Waals surface area contributed by atoms with Gasteiger partial charge < -0.3 is 9.73 Å². The van der Waals surface area contributed by atoms with Gasteiger partial charge in [-0.1, -0.05) is 13.8 Å².